The van der Waals surface area contributed by atoms with Gasteiger partial charge in [0.2, 0.25) is 0 Å². The Balaban J connectivity index is 1.22. The fourth-order valence-corrected chi connectivity index (χ4v) is 8.08. The lowest BCUT2D eigenvalue weighted by Crippen LogP contribution is -2.29. The highest BCUT2D eigenvalue weighted by Crippen LogP contribution is 2.57. The average Bonchev–Trinajstić information content (AvgIpc) is 3.76. The van der Waals surface area contributed by atoms with E-state index in [9.17, 15) is 0 Å². The molecule has 0 N–H and O–H groups in total. The maximum Gasteiger partial charge on any atom is 0.145 e. The molecule has 6 aromatic carbocycles. The Labute approximate surface area is 310 Å². The third kappa shape index (κ3) is 5.37. The molecule has 0 radical (unpaired) electrons. The van der Waals surface area contributed by atoms with E-state index in [4.69, 9.17) is 9.97 Å². The van der Waals surface area contributed by atoms with Gasteiger partial charge in [0.05, 0.1) is 22.1 Å². The smallest absolute Gasteiger partial charge is 0.145 e. The Hall–Kier alpha value is -6.84. The fraction of sp³-hybridized carbons (Fsp3) is 0.0400. The molecule has 0 saturated carbocycles. The van der Waals surface area contributed by atoms with E-state index in [0.717, 1.165) is 44.9 Å². The van der Waals surface area contributed by atoms with E-state index < -0.39 is 5.41 Å². The van der Waals surface area contributed by atoms with E-state index in [1.807, 2.05) is 36.5 Å². The molecule has 53 heavy (non-hydrogen) atoms. The van der Waals surface area contributed by atoms with Gasteiger partial charge in [-0.2, -0.15) is 0 Å². The van der Waals surface area contributed by atoms with Gasteiger partial charge < -0.3 is 0 Å². The molecule has 8 aromatic rings. The van der Waals surface area contributed by atoms with Gasteiger partial charge in [-0.05, 0) is 100.0 Å². The number of hydrogen-bond acceptors (Lipinski definition) is 2. The summed E-state index contributed by atoms with van der Waals surface area (Å²) in [5.41, 5.74) is 15.4. The number of allylic oxidation sites excluding steroid dienone is 5. The van der Waals surface area contributed by atoms with Crippen LogP contribution in [0.1, 0.15) is 23.7 Å². The van der Waals surface area contributed by atoms with Crippen molar-refractivity contribution in [3.8, 4) is 50.5 Å². The number of aromatic nitrogens is 3. The predicted molar refractivity (Wildman–Crippen MR) is 220 cm³/mol. The second-order valence-electron chi connectivity index (χ2n) is 13.5. The van der Waals surface area contributed by atoms with E-state index in [1.165, 1.54) is 39.0 Å². The maximum absolute atomic E-state index is 5.09. The highest BCUT2D eigenvalue weighted by atomic mass is 15.1. The van der Waals surface area contributed by atoms with Crippen LogP contribution >= 0.6 is 0 Å². The molecular formula is C50H37N3. The van der Waals surface area contributed by atoms with Crippen molar-refractivity contribution in [2.24, 2.45) is 0 Å². The highest BCUT2D eigenvalue weighted by molar-refractivity contribution is 5.90. The molecule has 0 amide bonds. The molecule has 252 valence electrons. The zero-order valence-electron chi connectivity index (χ0n) is 29.5. The van der Waals surface area contributed by atoms with Crippen LogP contribution in [0.4, 0.5) is 0 Å². The minimum absolute atomic E-state index is 0.613. The molecule has 0 fully saturated rings. The van der Waals surface area contributed by atoms with Crippen LogP contribution in [0, 0.1) is 0 Å². The predicted octanol–water partition coefficient (Wildman–Crippen LogP) is 12.4. The summed E-state index contributed by atoms with van der Waals surface area (Å²) >= 11 is 0. The van der Waals surface area contributed by atoms with Gasteiger partial charge in [0.25, 0.3) is 0 Å². The zero-order chi connectivity index (χ0) is 35.8. The summed E-state index contributed by atoms with van der Waals surface area (Å²) in [4.78, 5) is 10.1. The Morgan fingerprint density at radius 1 is 0.585 bits per heavy atom. The largest absolute Gasteiger partial charge is 0.292 e. The number of benzene rings is 6. The molecule has 1 aliphatic carbocycles. The fourth-order valence-electron chi connectivity index (χ4n) is 8.08. The lowest BCUT2D eigenvalue weighted by molar-refractivity contribution is 0.716. The second kappa shape index (κ2) is 13.4. The van der Waals surface area contributed by atoms with Gasteiger partial charge in [-0.25, -0.2) is 4.98 Å². The molecule has 9 rings (SSSR count). The first kappa shape index (κ1) is 32.1. The molecular weight excluding hydrogens is 643 g/mol. The van der Waals surface area contributed by atoms with Crippen LogP contribution in [0.2, 0.25) is 0 Å². The summed E-state index contributed by atoms with van der Waals surface area (Å²) in [7, 11) is 0. The number of hydrogen-bond donors (Lipinski definition) is 0. The Bertz CT molecular complexity index is 2670. The number of nitrogens with zero attached hydrogens (tertiary/aromatic N) is 3. The third-order valence-corrected chi connectivity index (χ3v) is 10.5. The molecule has 1 unspecified atom stereocenters. The summed E-state index contributed by atoms with van der Waals surface area (Å²) in [6.45, 7) is 6.15. The summed E-state index contributed by atoms with van der Waals surface area (Å²) in [5, 5.41) is 0. The SMILES string of the molecule is C=C/C=C\C=C(/C)C1(c2ccccn2)c2cc(-c3ccccc3)ccc2-c2ccc(-c3ccc(-n4c(-c5ccccc5)nc5ccccc54)cc3)cc21. The van der Waals surface area contributed by atoms with E-state index in [0.29, 0.717) is 0 Å². The zero-order valence-corrected chi connectivity index (χ0v) is 29.5. The maximum atomic E-state index is 5.09. The summed E-state index contributed by atoms with van der Waals surface area (Å²) < 4.78 is 2.26. The number of pyridine rings is 1. The van der Waals surface area contributed by atoms with Gasteiger partial charge in [0.1, 0.15) is 5.82 Å². The van der Waals surface area contributed by atoms with Gasteiger partial charge in [0, 0.05) is 17.4 Å². The number of imidazole rings is 1. The van der Waals surface area contributed by atoms with Crippen molar-refractivity contribution in [3.63, 3.8) is 0 Å². The monoisotopic (exact) mass is 679 g/mol. The molecule has 2 aromatic heterocycles. The second-order valence-corrected chi connectivity index (χ2v) is 13.5. The minimum Gasteiger partial charge on any atom is -0.292 e. The Morgan fingerprint density at radius 2 is 1.17 bits per heavy atom. The van der Waals surface area contributed by atoms with Gasteiger partial charge in [0.15, 0.2) is 0 Å². The normalized spacial score (nSPS) is 15.1. The molecule has 1 atom stereocenters. The summed E-state index contributed by atoms with van der Waals surface area (Å²) in [5.74, 6) is 0.928. The van der Waals surface area contributed by atoms with Crippen molar-refractivity contribution in [1.29, 1.82) is 0 Å². The molecule has 1 aliphatic rings. The highest BCUT2D eigenvalue weighted by Gasteiger charge is 2.47. The van der Waals surface area contributed by atoms with Gasteiger partial charge in [-0.1, -0.05) is 152 Å². The van der Waals surface area contributed by atoms with Crippen molar-refractivity contribution < 1.29 is 0 Å². The van der Waals surface area contributed by atoms with Crippen LogP contribution in [0.3, 0.4) is 0 Å². The number of para-hydroxylation sites is 2. The third-order valence-electron chi connectivity index (χ3n) is 10.5. The van der Waals surface area contributed by atoms with Crippen molar-refractivity contribution in [1.82, 2.24) is 14.5 Å². The van der Waals surface area contributed by atoms with Gasteiger partial charge in [-0.15, -0.1) is 0 Å². The van der Waals surface area contributed by atoms with Crippen LogP contribution in [0.5, 0.6) is 0 Å². The molecule has 0 saturated heterocycles. The van der Waals surface area contributed by atoms with Crippen LogP contribution in [-0.4, -0.2) is 14.5 Å². The topological polar surface area (TPSA) is 30.7 Å². The van der Waals surface area contributed by atoms with Crippen LogP contribution in [0.25, 0.3) is 61.5 Å². The van der Waals surface area contributed by atoms with Gasteiger partial charge >= 0.3 is 0 Å². The van der Waals surface area contributed by atoms with E-state index in [2.05, 4.69) is 176 Å². The molecule has 0 aliphatic heterocycles. The average molecular weight is 680 g/mol. The first-order chi connectivity index (χ1) is 26.2. The lowest BCUT2D eigenvalue weighted by Gasteiger charge is -2.33. The lowest BCUT2D eigenvalue weighted by atomic mass is 9.69. The van der Waals surface area contributed by atoms with Crippen LogP contribution in [0.15, 0.2) is 206 Å². The molecule has 3 nitrogen and oxygen atoms in total. The summed E-state index contributed by atoms with van der Waals surface area (Å²) in [6.07, 6.45) is 10.0. The molecule has 2 heterocycles. The van der Waals surface area contributed by atoms with Crippen molar-refractivity contribution in [3.05, 3.63) is 223 Å². The van der Waals surface area contributed by atoms with E-state index >= 15 is 0 Å². The van der Waals surface area contributed by atoms with Crippen LogP contribution in [-0.2, 0) is 5.41 Å². The van der Waals surface area contributed by atoms with Gasteiger partial charge in [-0.3, -0.25) is 9.55 Å². The van der Waals surface area contributed by atoms with Crippen molar-refractivity contribution in [2.75, 3.05) is 0 Å². The van der Waals surface area contributed by atoms with Crippen molar-refractivity contribution in [2.45, 2.75) is 12.3 Å². The molecule has 0 bridgehead atoms. The Kier molecular flexibility index (Phi) is 8.10. The van der Waals surface area contributed by atoms with E-state index in [-0.39, 0.29) is 0 Å². The molecule has 3 heteroatoms. The van der Waals surface area contributed by atoms with Crippen LogP contribution < -0.4 is 0 Å². The number of fused-ring (bicyclic) bond motifs is 4. The Morgan fingerprint density at radius 3 is 1.81 bits per heavy atom. The van der Waals surface area contributed by atoms with E-state index in [1.54, 1.807) is 0 Å². The quantitative estimate of drug-likeness (QED) is 0.150. The molecule has 0 spiro atoms. The van der Waals surface area contributed by atoms with Crippen molar-refractivity contribution >= 4 is 11.0 Å². The first-order valence-electron chi connectivity index (χ1n) is 18.0. The minimum atomic E-state index is -0.613. The number of rotatable bonds is 8. The first-order valence-corrected chi connectivity index (χ1v) is 18.0. The standard InChI is InChI=1S/C50H37N3/c1-3-4-7-16-35(2)50(48-23-14-15-32-51-48)44-33-39(36-17-8-5-9-18-36)26-30-42(44)43-31-27-40(34-45(43)50)37-24-28-41(29-25-37)53-47-22-13-12-21-46(47)52-49(53)38-19-10-6-11-20-38/h3-34H,1H2,2H3/b7-4-,35-16+. The summed E-state index contributed by atoms with van der Waals surface area (Å²) in [6, 6.07) is 58.4.